The van der Waals surface area contributed by atoms with Crippen LogP contribution in [0.25, 0.3) is 0 Å². The Morgan fingerprint density at radius 3 is 2.61 bits per heavy atom. The number of anilines is 1. The topological polar surface area (TPSA) is 64.1 Å². The second-order valence-corrected chi connectivity index (χ2v) is 4.61. The summed E-state index contributed by atoms with van der Waals surface area (Å²) in [5.41, 5.74) is 0.742. The van der Waals surface area contributed by atoms with Crippen molar-refractivity contribution in [2.75, 3.05) is 12.4 Å². The molecule has 0 saturated carbocycles. The fourth-order valence-electron chi connectivity index (χ4n) is 1.76. The van der Waals surface area contributed by atoms with E-state index in [1.165, 1.54) is 7.11 Å². The van der Waals surface area contributed by atoms with E-state index in [0.717, 1.165) is 12.1 Å². The van der Waals surface area contributed by atoms with E-state index in [9.17, 15) is 4.79 Å². The van der Waals surface area contributed by atoms with Gasteiger partial charge in [0.2, 0.25) is 5.82 Å². The molecule has 1 atom stereocenters. The largest absolute Gasteiger partial charge is 0.463 e. The second kappa shape index (κ2) is 6.33. The van der Waals surface area contributed by atoms with Crippen LogP contribution in [0.3, 0.4) is 0 Å². The summed E-state index contributed by atoms with van der Waals surface area (Å²) in [6.45, 7) is 8.25. The van der Waals surface area contributed by atoms with Crippen molar-refractivity contribution in [2.45, 2.75) is 40.2 Å². The Bertz CT molecular complexity index is 419. The lowest BCUT2D eigenvalue weighted by molar-refractivity contribution is 0.0586. The van der Waals surface area contributed by atoms with Gasteiger partial charge in [-0.3, -0.25) is 0 Å². The normalized spacial score (nSPS) is 12.3. The number of aryl methyl sites for hydroxylation is 1. The number of hydrogen-bond acceptors (Lipinski definition) is 5. The van der Waals surface area contributed by atoms with Gasteiger partial charge < -0.3 is 10.1 Å². The molecule has 1 N–H and O–H groups in total. The Hall–Kier alpha value is -1.65. The minimum atomic E-state index is -0.514. The molecule has 0 spiro atoms. The average Bonchev–Trinajstić information content (AvgIpc) is 2.33. The van der Waals surface area contributed by atoms with E-state index in [0.29, 0.717) is 17.8 Å². The second-order valence-electron chi connectivity index (χ2n) is 4.61. The molecule has 0 radical (unpaired) electrons. The molecule has 0 saturated heterocycles. The number of aromatic nitrogens is 2. The van der Waals surface area contributed by atoms with Gasteiger partial charge >= 0.3 is 5.97 Å². The lowest BCUT2D eigenvalue weighted by Gasteiger charge is -2.21. The summed E-state index contributed by atoms with van der Waals surface area (Å²) < 4.78 is 4.63. The number of nitrogens with one attached hydrogen (secondary N) is 1. The molecule has 1 heterocycles. The van der Waals surface area contributed by atoms with E-state index in [2.05, 4.69) is 40.8 Å². The highest BCUT2D eigenvalue weighted by Gasteiger charge is 2.15. The number of rotatable bonds is 5. The van der Waals surface area contributed by atoms with Crippen LogP contribution in [0.1, 0.15) is 43.5 Å². The van der Waals surface area contributed by atoms with Crippen molar-refractivity contribution < 1.29 is 9.53 Å². The third-order valence-corrected chi connectivity index (χ3v) is 2.80. The first-order valence-electron chi connectivity index (χ1n) is 6.18. The molecular formula is C13H21N3O2. The fraction of sp³-hybridized carbons (Fsp3) is 0.615. The molecule has 0 aliphatic heterocycles. The van der Waals surface area contributed by atoms with Gasteiger partial charge in [0.05, 0.1) is 7.11 Å². The van der Waals surface area contributed by atoms with Crippen molar-refractivity contribution in [2.24, 2.45) is 5.92 Å². The third kappa shape index (κ3) is 3.68. The lowest BCUT2D eigenvalue weighted by atomic mass is 10.0. The number of methoxy groups -OCH3 is 1. The number of hydrogen-bond donors (Lipinski definition) is 1. The zero-order valence-corrected chi connectivity index (χ0v) is 11.7. The highest BCUT2D eigenvalue weighted by Crippen LogP contribution is 2.14. The lowest BCUT2D eigenvalue weighted by Crippen LogP contribution is -2.25. The van der Waals surface area contributed by atoms with E-state index in [1.54, 1.807) is 0 Å². The van der Waals surface area contributed by atoms with Gasteiger partial charge in [0.15, 0.2) is 0 Å². The Morgan fingerprint density at radius 1 is 1.44 bits per heavy atom. The quantitative estimate of drug-likeness (QED) is 0.814. The summed E-state index contributed by atoms with van der Waals surface area (Å²) in [6.07, 6.45) is 0.994. The van der Waals surface area contributed by atoms with Gasteiger partial charge in [0.1, 0.15) is 5.82 Å². The van der Waals surface area contributed by atoms with E-state index in [-0.39, 0.29) is 5.82 Å². The molecule has 100 valence electrons. The van der Waals surface area contributed by atoms with E-state index >= 15 is 0 Å². The van der Waals surface area contributed by atoms with Crippen LogP contribution in [-0.4, -0.2) is 29.1 Å². The maximum Gasteiger partial charge on any atom is 0.376 e. The van der Waals surface area contributed by atoms with Gasteiger partial charge in [-0.15, -0.1) is 0 Å². The number of esters is 1. The summed E-state index contributed by atoms with van der Waals surface area (Å²) in [4.78, 5) is 19.7. The van der Waals surface area contributed by atoms with Crippen LogP contribution in [0.5, 0.6) is 0 Å². The van der Waals surface area contributed by atoms with Crippen LogP contribution in [0.15, 0.2) is 6.07 Å². The zero-order chi connectivity index (χ0) is 13.7. The first kappa shape index (κ1) is 14.4. The molecule has 1 aromatic rings. The molecule has 18 heavy (non-hydrogen) atoms. The van der Waals surface area contributed by atoms with Crippen molar-refractivity contribution in [1.82, 2.24) is 9.97 Å². The fourth-order valence-corrected chi connectivity index (χ4v) is 1.76. The maximum absolute atomic E-state index is 11.4. The van der Waals surface area contributed by atoms with Gasteiger partial charge in [0, 0.05) is 17.8 Å². The van der Waals surface area contributed by atoms with Crippen LogP contribution in [0.4, 0.5) is 5.82 Å². The van der Waals surface area contributed by atoms with E-state index < -0.39 is 5.97 Å². The van der Waals surface area contributed by atoms with E-state index in [4.69, 9.17) is 0 Å². The molecule has 0 aliphatic rings. The first-order valence-corrected chi connectivity index (χ1v) is 6.18. The van der Waals surface area contributed by atoms with Gasteiger partial charge in [-0.1, -0.05) is 20.8 Å². The first-order chi connectivity index (χ1) is 8.47. The molecule has 0 fully saturated rings. The predicted octanol–water partition coefficient (Wildman–Crippen LogP) is 2.42. The Labute approximate surface area is 108 Å². The van der Waals surface area contributed by atoms with Crippen molar-refractivity contribution >= 4 is 11.8 Å². The maximum atomic E-state index is 11.4. The highest BCUT2D eigenvalue weighted by atomic mass is 16.5. The Balaban J connectivity index is 2.95. The number of carbonyl (C=O) groups excluding carboxylic acids is 1. The van der Waals surface area contributed by atoms with Crippen LogP contribution in [0, 0.1) is 12.8 Å². The monoisotopic (exact) mass is 251 g/mol. The standard InChI is InChI=1S/C13H21N3O2/c1-6-10(8(2)3)15-11-7-9(4)14-12(16-11)13(17)18-5/h7-8,10H,6H2,1-5H3,(H,14,15,16). The smallest absolute Gasteiger partial charge is 0.376 e. The van der Waals surface area contributed by atoms with Crippen LogP contribution in [0.2, 0.25) is 0 Å². The molecule has 0 bridgehead atoms. The average molecular weight is 251 g/mol. The highest BCUT2D eigenvalue weighted by molar-refractivity contribution is 5.85. The summed E-state index contributed by atoms with van der Waals surface area (Å²) >= 11 is 0. The SMILES string of the molecule is CCC(Nc1cc(C)nc(C(=O)OC)n1)C(C)C. The van der Waals surface area contributed by atoms with Gasteiger partial charge in [-0.05, 0) is 19.3 Å². The van der Waals surface area contributed by atoms with Crippen molar-refractivity contribution in [3.05, 3.63) is 17.6 Å². The number of carbonyl (C=O) groups is 1. The number of ether oxygens (including phenoxy) is 1. The summed E-state index contributed by atoms with van der Waals surface area (Å²) in [6, 6.07) is 2.15. The third-order valence-electron chi connectivity index (χ3n) is 2.80. The summed E-state index contributed by atoms with van der Waals surface area (Å²) in [5, 5.41) is 3.33. The molecule has 0 aliphatic carbocycles. The van der Waals surface area contributed by atoms with Crippen molar-refractivity contribution in [1.29, 1.82) is 0 Å². The molecular weight excluding hydrogens is 230 g/mol. The van der Waals surface area contributed by atoms with Crippen molar-refractivity contribution in [3.8, 4) is 0 Å². The summed E-state index contributed by atoms with van der Waals surface area (Å²) in [5.74, 6) is 0.744. The molecule has 5 heteroatoms. The molecule has 0 aromatic carbocycles. The minimum absolute atomic E-state index is 0.0959. The van der Waals surface area contributed by atoms with E-state index in [1.807, 2.05) is 13.0 Å². The molecule has 5 nitrogen and oxygen atoms in total. The van der Waals surface area contributed by atoms with Crippen LogP contribution < -0.4 is 5.32 Å². The Kier molecular flexibility index (Phi) is 5.07. The van der Waals surface area contributed by atoms with Crippen LogP contribution in [-0.2, 0) is 4.74 Å². The molecule has 0 amide bonds. The Morgan fingerprint density at radius 2 is 2.11 bits per heavy atom. The predicted molar refractivity (Wildman–Crippen MR) is 70.6 cm³/mol. The number of nitrogens with zero attached hydrogens (tertiary/aromatic N) is 2. The van der Waals surface area contributed by atoms with Gasteiger partial charge in [-0.25, -0.2) is 14.8 Å². The summed E-state index contributed by atoms with van der Waals surface area (Å²) in [7, 11) is 1.32. The molecule has 1 aromatic heterocycles. The molecule has 1 unspecified atom stereocenters. The zero-order valence-electron chi connectivity index (χ0n) is 11.7. The minimum Gasteiger partial charge on any atom is -0.463 e. The van der Waals surface area contributed by atoms with Crippen LogP contribution >= 0.6 is 0 Å². The molecule has 1 rings (SSSR count). The van der Waals surface area contributed by atoms with Crippen molar-refractivity contribution in [3.63, 3.8) is 0 Å². The van der Waals surface area contributed by atoms with Gasteiger partial charge in [-0.2, -0.15) is 0 Å². The van der Waals surface area contributed by atoms with Gasteiger partial charge in [0.25, 0.3) is 0 Å².